The van der Waals surface area contributed by atoms with Gasteiger partial charge in [0, 0.05) is 30.9 Å². The maximum Gasteiger partial charge on any atom is 0.317 e. The fourth-order valence-electron chi connectivity index (χ4n) is 2.91. The number of halogens is 2. The number of urea groups is 1. The molecule has 1 aliphatic rings. The van der Waals surface area contributed by atoms with Crippen LogP contribution in [0, 0.1) is 5.92 Å². The molecule has 2 heterocycles. The number of likely N-dealkylation sites (tertiary alicyclic amines) is 1. The Morgan fingerprint density at radius 3 is 3.00 bits per heavy atom. The molecule has 0 bridgehead atoms. The second kappa shape index (κ2) is 8.80. The van der Waals surface area contributed by atoms with Crippen LogP contribution < -0.4 is 10.1 Å². The maximum atomic E-state index is 12.5. The monoisotopic (exact) mass is 341 g/mol. The van der Waals surface area contributed by atoms with Gasteiger partial charge >= 0.3 is 6.03 Å². The molecule has 2 rings (SSSR count). The van der Waals surface area contributed by atoms with E-state index in [1.54, 1.807) is 12.3 Å². The van der Waals surface area contributed by atoms with Crippen molar-refractivity contribution in [1.29, 1.82) is 0 Å². The summed E-state index contributed by atoms with van der Waals surface area (Å²) in [7, 11) is 0. The number of rotatable bonds is 6. The minimum atomic E-state index is -2.55. The Hall–Kier alpha value is -1.92. The number of aromatic nitrogens is 1. The first kappa shape index (κ1) is 18.4. The Balaban J connectivity index is 1.93. The van der Waals surface area contributed by atoms with E-state index in [1.165, 1.54) is 6.20 Å². The van der Waals surface area contributed by atoms with Gasteiger partial charge in [0.2, 0.25) is 0 Å². The number of amides is 2. The van der Waals surface area contributed by atoms with Crippen LogP contribution in [0.1, 0.15) is 38.7 Å². The Kier molecular flexibility index (Phi) is 6.75. The van der Waals surface area contributed by atoms with Crippen molar-refractivity contribution in [2.24, 2.45) is 5.92 Å². The van der Waals surface area contributed by atoms with Crippen molar-refractivity contribution in [3.05, 3.63) is 24.0 Å². The Labute approximate surface area is 141 Å². The molecule has 0 aliphatic carbocycles. The number of hydrogen-bond acceptors (Lipinski definition) is 3. The summed E-state index contributed by atoms with van der Waals surface area (Å²) in [5.41, 5.74) is 0.635. The van der Waals surface area contributed by atoms with Gasteiger partial charge in [-0.15, -0.1) is 0 Å². The summed E-state index contributed by atoms with van der Waals surface area (Å²) in [6, 6.07) is 1.74. The van der Waals surface area contributed by atoms with Crippen molar-refractivity contribution >= 4 is 6.03 Å². The van der Waals surface area contributed by atoms with Crippen molar-refractivity contribution in [3.8, 4) is 5.75 Å². The first-order valence-electron chi connectivity index (χ1n) is 8.39. The van der Waals surface area contributed by atoms with E-state index in [1.807, 2.05) is 4.90 Å². The lowest BCUT2D eigenvalue weighted by molar-refractivity contribution is 0.0811. The molecule has 1 fully saturated rings. The third kappa shape index (κ3) is 5.04. The zero-order chi connectivity index (χ0) is 17.5. The molecule has 1 aromatic heterocycles. The van der Waals surface area contributed by atoms with Crippen LogP contribution in [0.25, 0.3) is 0 Å². The van der Waals surface area contributed by atoms with E-state index in [2.05, 4.69) is 24.1 Å². The molecule has 0 unspecified atom stereocenters. The summed E-state index contributed by atoms with van der Waals surface area (Å²) in [4.78, 5) is 18.2. The summed E-state index contributed by atoms with van der Waals surface area (Å²) in [6.45, 7) is 4.48. The zero-order valence-corrected chi connectivity index (χ0v) is 14.2. The molecular formula is C17H25F2N3O2. The molecule has 1 N–H and O–H groups in total. The van der Waals surface area contributed by atoms with Crippen LogP contribution in [0.2, 0.25) is 0 Å². The highest BCUT2D eigenvalue weighted by Gasteiger charge is 2.28. The number of piperidine rings is 1. The second-order valence-electron chi connectivity index (χ2n) is 6.20. The van der Waals surface area contributed by atoms with Gasteiger partial charge in [-0.2, -0.15) is 0 Å². The molecule has 24 heavy (non-hydrogen) atoms. The van der Waals surface area contributed by atoms with Gasteiger partial charge in [0.1, 0.15) is 12.4 Å². The third-order valence-electron chi connectivity index (χ3n) is 4.48. The molecule has 5 nitrogen and oxygen atoms in total. The molecule has 0 spiro atoms. The van der Waals surface area contributed by atoms with Crippen LogP contribution in [0.3, 0.4) is 0 Å². The van der Waals surface area contributed by atoms with E-state index in [4.69, 9.17) is 4.74 Å². The number of nitrogens with zero attached hydrogens (tertiary/aromatic N) is 2. The van der Waals surface area contributed by atoms with Crippen molar-refractivity contribution in [2.75, 3.05) is 13.2 Å². The molecule has 0 radical (unpaired) electrons. The van der Waals surface area contributed by atoms with Crippen molar-refractivity contribution in [1.82, 2.24) is 15.2 Å². The third-order valence-corrected chi connectivity index (χ3v) is 4.48. The summed E-state index contributed by atoms with van der Waals surface area (Å²) < 4.78 is 29.7. The van der Waals surface area contributed by atoms with Gasteiger partial charge in [-0.05, 0) is 31.7 Å². The van der Waals surface area contributed by atoms with Gasteiger partial charge in [0.05, 0.1) is 6.20 Å². The van der Waals surface area contributed by atoms with E-state index in [9.17, 15) is 13.6 Å². The first-order chi connectivity index (χ1) is 11.5. The lowest BCUT2D eigenvalue weighted by Crippen LogP contribution is -2.49. The van der Waals surface area contributed by atoms with E-state index >= 15 is 0 Å². The zero-order valence-electron chi connectivity index (χ0n) is 14.2. The fourth-order valence-corrected chi connectivity index (χ4v) is 2.91. The fraction of sp³-hybridized carbons (Fsp3) is 0.647. The Bertz CT molecular complexity index is 542. The van der Waals surface area contributed by atoms with Crippen molar-refractivity contribution in [3.63, 3.8) is 0 Å². The normalized spacial score (nSPS) is 21.0. The maximum absolute atomic E-state index is 12.5. The average Bonchev–Trinajstić information content (AvgIpc) is 2.59. The van der Waals surface area contributed by atoms with Crippen LogP contribution in [-0.4, -0.2) is 41.5 Å². The van der Waals surface area contributed by atoms with Crippen LogP contribution in [0.4, 0.5) is 13.6 Å². The molecule has 7 heteroatoms. The SMILES string of the molecule is CC[C@@H]1CC[C@@H](C)N(C(=O)NCc2ccncc2OCC(F)F)C1. The Morgan fingerprint density at radius 2 is 2.29 bits per heavy atom. The number of alkyl halides is 2. The van der Waals surface area contributed by atoms with E-state index in [0.717, 1.165) is 25.8 Å². The molecule has 1 aromatic rings. The van der Waals surface area contributed by atoms with Gasteiger partial charge < -0.3 is 15.0 Å². The molecule has 1 aliphatic heterocycles. The predicted octanol–water partition coefficient (Wildman–Crippen LogP) is 3.45. The number of carbonyl (C=O) groups is 1. The standard InChI is InChI=1S/C17H25F2N3O2/c1-3-13-5-4-12(2)22(10-13)17(23)21-8-14-6-7-20-9-15(14)24-11-16(18)19/h6-7,9,12-13,16H,3-5,8,10-11H2,1-2H3,(H,21,23)/t12-,13-/m1/s1. The van der Waals surface area contributed by atoms with Crippen molar-refractivity contribution < 1.29 is 18.3 Å². The molecule has 2 atom stereocenters. The number of carbonyl (C=O) groups excluding carboxylic acids is 1. The summed E-state index contributed by atoms with van der Waals surface area (Å²) in [5, 5.41) is 2.86. The van der Waals surface area contributed by atoms with Gasteiger partial charge in [0.25, 0.3) is 6.43 Å². The highest BCUT2D eigenvalue weighted by molar-refractivity contribution is 5.74. The van der Waals surface area contributed by atoms with Gasteiger partial charge in [0.15, 0.2) is 0 Å². The molecule has 2 amide bonds. The van der Waals surface area contributed by atoms with Crippen LogP contribution >= 0.6 is 0 Å². The summed E-state index contributed by atoms with van der Waals surface area (Å²) in [6.07, 6.45) is 3.61. The lowest BCUT2D eigenvalue weighted by atomic mass is 9.92. The van der Waals surface area contributed by atoms with Gasteiger partial charge in [-0.25, -0.2) is 13.6 Å². The predicted molar refractivity (Wildman–Crippen MR) is 87.2 cm³/mol. The van der Waals surface area contributed by atoms with E-state index in [0.29, 0.717) is 11.5 Å². The van der Waals surface area contributed by atoms with Crippen LogP contribution in [0.5, 0.6) is 5.75 Å². The molecule has 1 saturated heterocycles. The van der Waals surface area contributed by atoms with Crippen LogP contribution in [-0.2, 0) is 6.54 Å². The van der Waals surface area contributed by atoms with E-state index in [-0.39, 0.29) is 24.4 Å². The number of nitrogens with one attached hydrogen (secondary N) is 1. The minimum absolute atomic E-state index is 0.128. The lowest BCUT2D eigenvalue weighted by Gasteiger charge is -2.37. The molecule has 0 aromatic carbocycles. The summed E-state index contributed by atoms with van der Waals surface area (Å²) >= 11 is 0. The molecule has 0 saturated carbocycles. The smallest absolute Gasteiger partial charge is 0.317 e. The topological polar surface area (TPSA) is 54.5 Å². The highest BCUT2D eigenvalue weighted by atomic mass is 19.3. The van der Waals surface area contributed by atoms with Crippen molar-refractivity contribution in [2.45, 2.75) is 52.1 Å². The minimum Gasteiger partial charge on any atom is -0.486 e. The quantitative estimate of drug-likeness (QED) is 0.862. The van der Waals surface area contributed by atoms with Crippen LogP contribution in [0.15, 0.2) is 18.5 Å². The first-order valence-corrected chi connectivity index (χ1v) is 8.39. The number of hydrogen-bond donors (Lipinski definition) is 1. The summed E-state index contributed by atoms with van der Waals surface area (Å²) in [5.74, 6) is 0.814. The largest absolute Gasteiger partial charge is 0.486 e. The van der Waals surface area contributed by atoms with Gasteiger partial charge in [-0.1, -0.05) is 13.3 Å². The van der Waals surface area contributed by atoms with E-state index < -0.39 is 13.0 Å². The second-order valence-corrected chi connectivity index (χ2v) is 6.20. The Morgan fingerprint density at radius 1 is 1.50 bits per heavy atom. The molecule has 134 valence electrons. The number of ether oxygens (including phenoxy) is 1. The average molecular weight is 341 g/mol. The highest BCUT2D eigenvalue weighted by Crippen LogP contribution is 2.24. The van der Waals surface area contributed by atoms with Gasteiger partial charge in [-0.3, -0.25) is 4.98 Å². The molecular weight excluding hydrogens is 316 g/mol. The number of pyridine rings is 1.